The van der Waals surface area contributed by atoms with Gasteiger partial charge < -0.3 is 14.1 Å². The quantitative estimate of drug-likeness (QED) is 0.591. The zero-order valence-electron chi connectivity index (χ0n) is 15.6. The third-order valence-corrected chi connectivity index (χ3v) is 5.93. The summed E-state index contributed by atoms with van der Waals surface area (Å²) in [6.07, 6.45) is 1.50. The van der Waals surface area contributed by atoms with Crippen LogP contribution in [-0.4, -0.2) is 44.9 Å². The van der Waals surface area contributed by atoms with E-state index in [2.05, 4.69) is 20.7 Å². The summed E-state index contributed by atoms with van der Waals surface area (Å²) in [6, 6.07) is 7.15. The Bertz CT molecular complexity index is 941. The van der Waals surface area contributed by atoms with Crippen LogP contribution in [0.4, 0.5) is 0 Å². The van der Waals surface area contributed by atoms with Gasteiger partial charge in [-0.2, -0.15) is 0 Å². The summed E-state index contributed by atoms with van der Waals surface area (Å²) in [6.45, 7) is 3.14. The minimum Gasteiger partial charge on any atom is -0.467 e. The monoisotopic (exact) mass is 472 g/mol. The summed E-state index contributed by atoms with van der Waals surface area (Å²) in [5.41, 5.74) is 0.00752. The Labute approximate surface area is 172 Å². The molecule has 8 nitrogen and oxygen atoms in total. The van der Waals surface area contributed by atoms with Gasteiger partial charge in [-0.05, 0) is 60.1 Å². The molecule has 1 aromatic carbocycles. The first kappa shape index (κ1) is 22.1. The van der Waals surface area contributed by atoms with Crippen LogP contribution < -0.4 is 4.72 Å². The molecule has 0 spiro atoms. The lowest BCUT2D eigenvalue weighted by Gasteiger charge is -2.16. The number of hydrogen-bond acceptors (Lipinski definition) is 6. The molecule has 28 heavy (non-hydrogen) atoms. The number of ether oxygens (including phenoxy) is 1. The fourth-order valence-electron chi connectivity index (χ4n) is 2.25. The number of likely N-dealkylation sites (N-methyl/N-ethyl adjacent to an activating group) is 1. The molecule has 2 rings (SSSR count). The van der Waals surface area contributed by atoms with Crippen molar-refractivity contribution in [3.63, 3.8) is 0 Å². The van der Waals surface area contributed by atoms with Crippen LogP contribution in [0.2, 0.25) is 0 Å². The molecule has 0 atom stereocenters. The number of amides is 1. The Morgan fingerprint density at radius 1 is 1.29 bits per heavy atom. The molecule has 0 aliphatic rings. The number of nitrogens with one attached hydrogen (secondary N) is 1. The van der Waals surface area contributed by atoms with Gasteiger partial charge in [-0.3, -0.25) is 4.79 Å². The Balaban J connectivity index is 2.05. The summed E-state index contributed by atoms with van der Waals surface area (Å²) in [7, 11) is -2.22. The molecular formula is C18H21BrN2O6S. The predicted octanol–water partition coefficient (Wildman–Crippen LogP) is 2.54. The summed E-state index contributed by atoms with van der Waals surface area (Å²) >= 11 is 3.20. The molecule has 1 N–H and O–H groups in total. The van der Waals surface area contributed by atoms with Crippen LogP contribution in [0.15, 0.2) is 50.4 Å². The lowest BCUT2D eigenvalue weighted by Crippen LogP contribution is -2.31. The summed E-state index contributed by atoms with van der Waals surface area (Å²) in [5.74, 6) is -0.639. The maximum atomic E-state index is 12.4. The lowest BCUT2D eigenvalue weighted by molar-refractivity contribution is -0.133. The predicted molar refractivity (Wildman–Crippen MR) is 105 cm³/mol. The molecule has 152 valence electrons. The van der Waals surface area contributed by atoms with Crippen molar-refractivity contribution in [2.75, 3.05) is 13.7 Å². The van der Waals surface area contributed by atoms with Crippen LogP contribution in [0.5, 0.6) is 0 Å². The number of rotatable bonds is 8. The van der Waals surface area contributed by atoms with E-state index < -0.39 is 28.5 Å². The van der Waals surface area contributed by atoms with Crippen molar-refractivity contribution >= 4 is 37.8 Å². The molecule has 0 bridgehead atoms. The molecule has 10 heteroatoms. The van der Waals surface area contributed by atoms with E-state index in [4.69, 9.17) is 9.15 Å². The molecule has 1 aromatic heterocycles. The van der Waals surface area contributed by atoms with Gasteiger partial charge in [0, 0.05) is 17.6 Å². The number of nitrogens with zero attached hydrogens (tertiary/aromatic N) is 1. The molecule has 1 heterocycles. The van der Waals surface area contributed by atoms with Gasteiger partial charge in [0.25, 0.3) is 5.91 Å². The number of sulfonamides is 1. The van der Waals surface area contributed by atoms with Gasteiger partial charge in [0.05, 0.1) is 23.3 Å². The first-order valence-electron chi connectivity index (χ1n) is 8.35. The molecule has 1 amide bonds. The summed E-state index contributed by atoms with van der Waals surface area (Å²) in [5, 5.41) is 0. The number of carbonyl (C=O) groups excluding carboxylic acids is 2. The van der Waals surface area contributed by atoms with Crippen molar-refractivity contribution in [3.05, 3.63) is 52.4 Å². The molecule has 0 unspecified atom stereocenters. The highest BCUT2D eigenvalue weighted by Gasteiger charge is 2.21. The van der Waals surface area contributed by atoms with Gasteiger partial charge in [-0.25, -0.2) is 17.9 Å². The zero-order valence-corrected chi connectivity index (χ0v) is 18.0. The maximum absolute atomic E-state index is 12.4. The highest BCUT2D eigenvalue weighted by Crippen LogP contribution is 2.22. The van der Waals surface area contributed by atoms with Crippen LogP contribution in [-0.2, 0) is 26.1 Å². The molecule has 2 aromatic rings. The maximum Gasteiger partial charge on any atom is 0.339 e. The first-order chi connectivity index (χ1) is 13.1. The highest BCUT2D eigenvalue weighted by atomic mass is 79.9. The van der Waals surface area contributed by atoms with E-state index in [-0.39, 0.29) is 23.0 Å². The smallest absolute Gasteiger partial charge is 0.339 e. The van der Waals surface area contributed by atoms with Crippen LogP contribution in [0.1, 0.15) is 30.0 Å². The van der Waals surface area contributed by atoms with Crippen LogP contribution in [0.3, 0.4) is 0 Å². The Morgan fingerprint density at radius 2 is 2.00 bits per heavy atom. The van der Waals surface area contributed by atoms with Crippen molar-refractivity contribution < 1.29 is 27.2 Å². The number of benzene rings is 1. The van der Waals surface area contributed by atoms with Gasteiger partial charge in [0.2, 0.25) is 10.0 Å². The van der Waals surface area contributed by atoms with Crippen molar-refractivity contribution in [2.45, 2.75) is 31.3 Å². The lowest BCUT2D eigenvalue weighted by atomic mass is 10.2. The van der Waals surface area contributed by atoms with Gasteiger partial charge in [-0.1, -0.05) is 0 Å². The van der Waals surface area contributed by atoms with E-state index in [1.807, 2.05) is 0 Å². The molecule has 0 saturated heterocycles. The first-order valence-corrected chi connectivity index (χ1v) is 10.6. The van der Waals surface area contributed by atoms with Crippen molar-refractivity contribution in [1.29, 1.82) is 0 Å². The number of furan rings is 1. The van der Waals surface area contributed by atoms with Gasteiger partial charge >= 0.3 is 5.97 Å². The van der Waals surface area contributed by atoms with E-state index in [1.165, 1.54) is 29.4 Å². The third kappa shape index (κ3) is 5.91. The zero-order chi connectivity index (χ0) is 20.9. The average Bonchev–Trinajstić information content (AvgIpc) is 3.11. The van der Waals surface area contributed by atoms with E-state index in [1.54, 1.807) is 33.0 Å². The Kier molecular flexibility index (Phi) is 7.39. The van der Waals surface area contributed by atoms with Crippen molar-refractivity contribution in [2.24, 2.45) is 0 Å². The van der Waals surface area contributed by atoms with E-state index in [0.717, 1.165) is 0 Å². The molecule has 0 aliphatic carbocycles. The topological polar surface area (TPSA) is 106 Å². The standard InChI is InChI=1S/C18H21BrN2O6S/c1-12(2)20-28(24,25)14-6-7-16(19)15(9-14)18(23)27-11-17(22)21(3)10-13-5-4-8-26-13/h4-9,12,20H,10-11H2,1-3H3. The second-order valence-corrected chi connectivity index (χ2v) is 8.89. The molecule has 0 saturated carbocycles. The largest absolute Gasteiger partial charge is 0.467 e. The molecule has 0 aliphatic heterocycles. The normalized spacial score (nSPS) is 11.5. The summed E-state index contributed by atoms with van der Waals surface area (Å²) in [4.78, 5) is 25.8. The van der Waals surface area contributed by atoms with Crippen LogP contribution in [0.25, 0.3) is 0 Å². The molecular weight excluding hydrogens is 452 g/mol. The number of halogens is 1. The van der Waals surface area contributed by atoms with Crippen molar-refractivity contribution in [3.8, 4) is 0 Å². The SMILES string of the molecule is CC(C)NS(=O)(=O)c1ccc(Br)c(C(=O)OCC(=O)N(C)Cc2ccco2)c1. The van der Waals surface area contributed by atoms with E-state index in [9.17, 15) is 18.0 Å². The third-order valence-electron chi connectivity index (χ3n) is 3.58. The number of esters is 1. The number of carbonyl (C=O) groups is 2. The van der Waals surface area contributed by atoms with Gasteiger partial charge in [0.1, 0.15) is 5.76 Å². The average molecular weight is 473 g/mol. The fourth-order valence-corrected chi connectivity index (χ4v) is 3.93. The minimum atomic E-state index is -3.77. The molecule has 0 radical (unpaired) electrons. The Hall–Kier alpha value is -2.17. The summed E-state index contributed by atoms with van der Waals surface area (Å²) < 4.78 is 37.6. The van der Waals surface area contributed by atoms with Gasteiger partial charge in [-0.15, -0.1) is 0 Å². The van der Waals surface area contributed by atoms with Crippen molar-refractivity contribution in [1.82, 2.24) is 9.62 Å². The Morgan fingerprint density at radius 3 is 2.61 bits per heavy atom. The highest BCUT2D eigenvalue weighted by molar-refractivity contribution is 9.10. The number of hydrogen-bond donors (Lipinski definition) is 1. The van der Waals surface area contributed by atoms with E-state index in [0.29, 0.717) is 10.2 Å². The molecule has 0 fully saturated rings. The second-order valence-electron chi connectivity index (χ2n) is 6.32. The van der Waals surface area contributed by atoms with Gasteiger partial charge in [0.15, 0.2) is 6.61 Å². The van der Waals surface area contributed by atoms with E-state index >= 15 is 0 Å². The van der Waals surface area contributed by atoms with Crippen LogP contribution in [0, 0.1) is 0 Å². The second kappa shape index (κ2) is 9.35. The fraction of sp³-hybridized carbons (Fsp3) is 0.333. The minimum absolute atomic E-state index is 0.00752. The van der Waals surface area contributed by atoms with Crippen LogP contribution >= 0.6 is 15.9 Å².